The van der Waals surface area contributed by atoms with Crippen molar-refractivity contribution in [2.24, 2.45) is 0 Å². The van der Waals surface area contributed by atoms with Gasteiger partial charge in [-0.15, -0.1) is 24.8 Å². The molecule has 27 heavy (non-hydrogen) atoms. The molecule has 2 unspecified atom stereocenters. The summed E-state index contributed by atoms with van der Waals surface area (Å²) in [5, 5.41) is 4.94. The van der Waals surface area contributed by atoms with Crippen LogP contribution in [0.2, 0.25) is 0 Å². The second kappa shape index (κ2) is 8.09. The predicted molar refractivity (Wildman–Crippen MR) is 117 cm³/mol. The number of pyridine rings is 1. The summed E-state index contributed by atoms with van der Waals surface area (Å²) in [6.45, 7) is 0. The summed E-state index contributed by atoms with van der Waals surface area (Å²) >= 11 is 0. The van der Waals surface area contributed by atoms with Crippen molar-refractivity contribution in [2.75, 3.05) is 12.4 Å². The molecule has 0 saturated carbocycles. The largest absolute Gasteiger partial charge is 0.381 e. The molecule has 2 N–H and O–H groups in total. The molecule has 3 aromatic rings. The fraction of sp³-hybridized carbons (Fsp3) is 0.381. The van der Waals surface area contributed by atoms with Gasteiger partial charge in [0, 0.05) is 40.8 Å². The first kappa shape index (κ1) is 20.0. The number of hydrogen-bond donors (Lipinski definition) is 2. The third-order valence-corrected chi connectivity index (χ3v) is 6.08. The number of aromatic amines is 1. The lowest BCUT2D eigenvalue weighted by Gasteiger charge is -2.37. The highest BCUT2D eigenvalue weighted by Crippen LogP contribution is 2.35. The molecule has 144 valence electrons. The van der Waals surface area contributed by atoms with Crippen LogP contribution in [0.15, 0.2) is 48.8 Å². The van der Waals surface area contributed by atoms with E-state index in [0.717, 1.165) is 29.0 Å². The number of anilines is 1. The number of fused-ring (bicyclic) bond motifs is 3. The SMILES string of the molecule is CN1C2CCC1CC(Nc1ccc(-c3ccc4[nH]ccc4c3)nc1)C2.Cl.Cl. The first-order chi connectivity index (χ1) is 12.3. The normalized spacial score (nSPS) is 24.3. The second-order valence-corrected chi connectivity index (χ2v) is 7.57. The Balaban J connectivity index is 0.00000105. The number of benzene rings is 1. The molecule has 2 aliphatic heterocycles. The van der Waals surface area contributed by atoms with E-state index in [9.17, 15) is 0 Å². The van der Waals surface area contributed by atoms with E-state index in [1.165, 1.54) is 36.6 Å². The van der Waals surface area contributed by atoms with E-state index in [4.69, 9.17) is 4.98 Å². The fourth-order valence-corrected chi connectivity index (χ4v) is 4.63. The van der Waals surface area contributed by atoms with E-state index in [-0.39, 0.29) is 24.8 Å². The number of nitrogens with zero attached hydrogens (tertiary/aromatic N) is 2. The van der Waals surface area contributed by atoms with E-state index in [1.807, 2.05) is 12.4 Å². The quantitative estimate of drug-likeness (QED) is 0.637. The summed E-state index contributed by atoms with van der Waals surface area (Å²) in [7, 11) is 2.29. The minimum atomic E-state index is 0. The Bertz CT molecular complexity index is 879. The van der Waals surface area contributed by atoms with Crippen molar-refractivity contribution < 1.29 is 0 Å². The summed E-state index contributed by atoms with van der Waals surface area (Å²) in [4.78, 5) is 10.5. The molecule has 4 heterocycles. The predicted octanol–water partition coefficient (Wildman–Crippen LogP) is 5.11. The number of H-pyrrole nitrogens is 1. The van der Waals surface area contributed by atoms with Gasteiger partial charge in [0.05, 0.1) is 17.6 Å². The first-order valence-corrected chi connectivity index (χ1v) is 9.28. The van der Waals surface area contributed by atoms with Crippen LogP contribution in [-0.4, -0.2) is 40.0 Å². The zero-order valence-corrected chi connectivity index (χ0v) is 17.0. The summed E-state index contributed by atoms with van der Waals surface area (Å²) < 4.78 is 0. The standard InChI is InChI=1S/C21H24N4.2ClH/c1-25-18-4-5-19(25)12-17(11-18)24-16-3-7-21(23-13-16)14-2-6-20-15(10-14)8-9-22-20;;/h2-3,6-10,13,17-19,22,24H,4-5,11-12H2,1H3;2*1H. The number of halogens is 2. The van der Waals surface area contributed by atoms with E-state index >= 15 is 0 Å². The van der Waals surface area contributed by atoms with Gasteiger partial charge in [-0.25, -0.2) is 0 Å². The summed E-state index contributed by atoms with van der Waals surface area (Å²) in [5.74, 6) is 0. The number of rotatable bonds is 3. The van der Waals surface area contributed by atoms with Gasteiger partial charge in [-0.1, -0.05) is 6.07 Å². The van der Waals surface area contributed by atoms with Crippen LogP contribution < -0.4 is 5.32 Å². The van der Waals surface area contributed by atoms with Crippen molar-refractivity contribution in [3.8, 4) is 11.3 Å². The maximum Gasteiger partial charge on any atom is 0.0703 e. The van der Waals surface area contributed by atoms with Gasteiger partial charge in [0.1, 0.15) is 0 Å². The van der Waals surface area contributed by atoms with Crippen LogP contribution >= 0.6 is 24.8 Å². The van der Waals surface area contributed by atoms with Gasteiger partial charge in [-0.3, -0.25) is 4.98 Å². The van der Waals surface area contributed by atoms with Gasteiger partial charge in [0.15, 0.2) is 0 Å². The van der Waals surface area contributed by atoms with Crippen molar-refractivity contribution in [1.29, 1.82) is 0 Å². The second-order valence-electron chi connectivity index (χ2n) is 7.57. The average molecular weight is 405 g/mol. The number of hydrogen-bond acceptors (Lipinski definition) is 3. The summed E-state index contributed by atoms with van der Waals surface area (Å²) in [6, 6.07) is 14.9. The van der Waals surface area contributed by atoms with Crippen molar-refractivity contribution in [2.45, 2.75) is 43.8 Å². The van der Waals surface area contributed by atoms with Crippen LogP contribution in [0.25, 0.3) is 22.2 Å². The van der Waals surface area contributed by atoms with Crippen LogP contribution in [-0.2, 0) is 0 Å². The molecule has 5 rings (SSSR count). The van der Waals surface area contributed by atoms with E-state index in [1.54, 1.807) is 0 Å². The van der Waals surface area contributed by atoms with Crippen LogP contribution in [0.5, 0.6) is 0 Å². The van der Waals surface area contributed by atoms with Gasteiger partial charge >= 0.3 is 0 Å². The molecular formula is C21H26Cl2N4. The van der Waals surface area contributed by atoms with Crippen molar-refractivity contribution in [3.05, 3.63) is 48.8 Å². The molecular weight excluding hydrogens is 379 g/mol. The number of piperidine rings is 1. The Morgan fingerprint density at radius 1 is 1.04 bits per heavy atom. The fourth-order valence-electron chi connectivity index (χ4n) is 4.63. The number of aromatic nitrogens is 2. The highest BCUT2D eigenvalue weighted by molar-refractivity contribution is 5.86. The average Bonchev–Trinajstić information content (AvgIpc) is 3.16. The maximum absolute atomic E-state index is 4.69. The van der Waals surface area contributed by atoms with Gasteiger partial charge in [0.25, 0.3) is 0 Å². The van der Waals surface area contributed by atoms with Crippen molar-refractivity contribution in [1.82, 2.24) is 14.9 Å². The first-order valence-electron chi connectivity index (χ1n) is 9.28. The Hall–Kier alpha value is -1.75. The third kappa shape index (κ3) is 3.79. The molecule has 2 atom stereocenters. The molecule has 2 aromatic heterocycles. The van der Waals surface area contributed by atoms with Gasteiger partial charge in [0.2, 0.25) is 0 Å². The molecule has 0 amide bonds. The van der Waals surface area contributed by atoms with E-state index in [2.05, 4.69) is 58.6 Å². The molecule has 2 aliphatic rings. The van der Waals surface area contributed by atoms with Crippen LogP contribution in [0.4, 0.5) is 5.69 Å². The molecule has 2 fully saturated rings. The zero-order valence-electron chi connectivity index (χ0n) is 15.4. The maximum atomic E-state index is 4.69. The minimum absolute atomic E-state index is 0. The third-order valence-electron chi connectivity index (χ3n) is 6.08. The molecule has 2 bridgehead atoms. The molecule has 4 nitrogen and oxygen atoms in total. The smallest absolute Gasteiger partial charge is 0.0703 e. The Morgan fingerprint density at radius 2 is 1.81 bits per heavy atom. The molecule has 0 radical (unpaired) electrons. The van der Waals surface area contributed by atoms with E-state index < -0.39 is 0 Å². The van der Waals surface area contributed by atoms with E-state index in [0.29, 0.717) is 6.04 Å². The minimum Gasteiger partial charge on any atom is -0.381 e. The molecule has 0 spiro atoms. The molecule has 0 aliphatic carbocycles. The lowest BCUT2D eigenvalue weighted by molar-refractivity contribution is 0.169. The Morgan fingerprint density at radius 3 is 2.52 bits per heavy atom. The van der Waals surface area contributed by atoms with Gasteiger partial charge < -0.3 is 15.2 Å². The van der Waals surface area contributed by atoms with Crippen molar-refractivity contribution in [3.63, 3.8) is 0 Å². The topological polar surface area (TPSA) is 44.0 Å². The van der Waals surface area contributed by atoms with Crippen LogP contribution in [0.3, 0.4) is 0 Å². The summed E-state index contributed by atoms with van der Waals surface area (Å²) in [5.41, 5.74) is 4.49. The molecule has 1 aromatic carbocycles. The molecule has 2 saturated heterocycles. The number of nitrogens with one attached hydrogen (secondary N) is 2. The highest BCUT2D eigenvalue weighted by Gasteiger charge is 2.38. The van der Waals surface area contributed by atoms with Crippen LogP contribution in [0.1, 0.15) is 25.7 Å². The summed E-state index contributed by atoms with van der Waals surface area (Å²) in [6.07, 6.45) is 9.18. The lowest BCUT2D eigenvalue weighted by atomic mass is 9.98. The molecule has 6 heteroatoms. The van der Waals surface area contributed by atoms with Crippen molar-refractivity contribution >= 4 is 41.4 Å². The lowest BCUT2D eigenvalue weighted by Crippen LogP contribution is -2.44. The Labute approximate surface area is 172 Å². The van der Waals surface area contributed by atoms with Gasteiger partial charge in [-0.2, -0.15) is 0 Å². The Kier molecular flexibility index (Phi) is 5.99. The van der Waals surface area contributed by atoms with Gasteiger partial charge in [-0.05, 0) is 63.1 Å². The highest BCUT2D eigenvalue weighted by atomic mass is 35.5. The monoisotopic (exact) mass is 404 g/mol. The van der Waals surface area contributed by atoms with Crippen LogP contribution in [0, 0.1) is 0 Å². The zero-order chi connectivity index (χ0) is 16.8.